The van der Waals surface area contributed by atoms with E-state index in [4.69, 9.17) is 0 Å². The number of aryl methyl sites for hydroxylation is 2. The van der Waals surface area contributed by atoms with Gasteiger partial charge in [-0.1, -0.05) is 18.2 Å². The summed E-state index contributed by atoms with van der Waals surface area (Å²) in [4.78, 5) is 14.8. The number of para-hydroxylation sites is 1. The fraction of sp³-hybridized carbons (Fsp3) is 0.562. The number of fused-ring (bicyclic) bond motifs is 1. The normalized spacial score (nSPS) is 23.0. The molecule has 1 aromatic rings. The molecule has 3 nitrogen and oxygen atoms in total. The molecule has 1 fully saturated rings. The Morgan fingerprint density at radius 1 is 1.37 bits per heavy atom. The number of hydrogen-bond donors (Lipinski definition) is 1. The van der Waals surface area contributed by atoms with Gasteiger partial charge in [-0.15, -0.1) is 0 Å². The molecule has 0 saturated carbocycles. The van der Waals surface area contributed by atoms with E-state index in [1.165, 1.54) is 16.8 Å². The van der Waals surface area contributed by atoms with Gasteiger partial charge in [-0.05, 0) is 50.3 Å². The highest BCUT2D eigenvalue weighted by atomic mass is 16.2. The fourth-order valence-electron chi connectivity index (χ4n) is 3.35. The Morgan fingerprint density at radius 2 is 2.26 bits per heavy atom. The number of benzene rings is 1. The number of amides is 1. The smallest absolute Gasteiger partial charge is 0.231 e. The summed E-state index contributed by atoms with van der Waals surface area (Å²) >= 11 is 0. The zero-order chi connectivity index (χ0) is 13.2. The van der Waals surface area contributed by atoms with E-state index in [0.29, 0.717) is 5.91 Å². The number of carbonyl (C=O) groups excluding carboxylic acids is 1. The molecule has 19 heavy (non-hydrogen) atoms. The van der Waals surface area contributed by atoms with Gasteiger partial charge in [0.15, 0.2) is 0 Å². The average molecular weight is 258 g/mol. The lowest BCUT2D eigenvalue weighted by Gasteiger charge is -2.34. The van der Waals surface area contributed by atoms with Crippen molar-refractivity contribution in [2.75, 3.05) is 24.5 Å². The summed E-state index contributed by atoms with van der Waals surface area (Å²) in [7, 11) is 0. The lowest BCUT2D eigenvalue weighted by atomic mass is 9.93. The molecule has 2 aliphatic heterocycles. The number of anilines is 1. The van der Waals surface area contributed by atoms with Gasteiger partial charge in [0.25, 0.3) is 0 Å². The Labute approximate surface area is 115 Å². The minimum Gasteiger partial charge on any atom is -0.316 e. The first-order chi connectivity index (χ1) is 9.27. The first-order valence-electron chi connectivity index (χ1n) is 7.38. The van der Waals surface area contributed by atoms with Crippen LogP contribution >= 0.6 is 0 Å². The van der Waals surface area contributed by atoms with Crippen LogP contribution in [0, 0.1) is 12.8 Å². The zero-order valence-electron chi connectivity index (χ0n) is 11.6. The van der Waals surface area contributed by atoms with E-state index in [0.717, 1.165) is 45.3 Å². The number of piperidine rings is 1. The van der Waals surface area contributed by atoms with E-state index in [2.05, 4.69) is 30.4 Å². The first kappa shape index (κ1) is 12.7. The minimum atomic E-state index is 0.166. The molecule has 0 spiro atoms. The molecule has 3 rings (SSSR count). The fourth-order valence-corrected chi connectivity index (χ4v) is 3.35. The van der Waals surface area contributed by atoms with Crippen LogP contribution in [0.15, 0.2) is 18.2 Å². The Morgan fingerprint density at radius 3 is 3.05 bits per heavy atom. The van der Waals surface area contributed by atoms with Crippen molar-refractivity contribution in [3.8, 4) is 0 Å². The van der Waals surface area contributed by atoms with Crippen LogP contribution in [0.1, 0.15) is 30.4 Å². The molecule has 2 heterocycles. The highest BCUT2D eigenvalue weighted by molar-refractivity contribution is 5.97. The quantitative estimate of drug-likeness (QED) is 0.838. The Bertz CT molecular complexity index is 478. The SMILES string of the molecule is Cc1cccc2c1N(C(=O)C1CCCNC1)CCC2. The van der Waals surface area contributed by atoms with Crippen molar-refractivity contribution >= 4 is 11.6 Å². The molecule has 1 atom stereocenters. The van der Waals surface area contributed by atoms with Crippen LogP contribution in [0.5, 0.6) is 0 Å². The summed E-state index contributed by atoms with van der Waals surface area (Å²) in [5.74, 6) is 0.488. The molecule has 2 aliphatic rings. The van der Waals surface area contributed by atoms with Gasteiger partial charge >= 0.3 is 0 Å². The second kappa shape index (κ2) is 5.33. The van der Waals surface area contributed by atoms with Gasteiger partial charge in [0, 0.05) is 18.8 Å². The zero-order valence-corrected chi connectivity index (χ0v) is 11.6. The van der Waals surface area contributed by atoms with Crippen molar-refractivity contribution < 1.29 is 4.79 Å². The van der Waals surface area contributed by atoms with Crippen molar-refractivity contribution in [1.82, 2.24) is 5.32 Å². The molecule has 1 N–H and O–H groups in total. The van der Waals surface area contributed by atoms with Crippen molar-refractivity contribution in [1.29, 1.82) is 0 Å². The van der Waals surface area contributed by atoms with Crippen LogP contribution in [0.3, 0.4) is 0 Å². The highest BCUT2D eigenvalue weighted by Crippen LogP contribution is 2.32. The topological polar surface area (TPSA) is 32.3 Å². The summed E-state index contributed by atoms with van der Waals surface area (Å²) in [5, 5.41) is 3.35. The van der Waals surface area contributed by atoms with Crippen LogP contribution in [0.2, 0.25) is 0 Å². The average Bonchev–Trinajstić information content (AvgIpc) is 2.47. The number of carbonyl (C=O) groups is 1. The van der Waals surface area contributed by atoms with Crippen LogP contribution in [-0.2, 0) is 11.2 Å². The molecule has 1 aromatic carbocycles. The number of nitrogens with zero attached hydrogens (tertiary/aromatic N) is 1. The standard InChI is InChI=1S/C16H22N2O/c1-12-5-2-6-13-8-4-10-18(15(12)13)16(19)14-7-3-9-17-11-14/h2,5-6,14,17H,3-4,7-11H2,1H3. The molecule has 0 aromatic heterocycles. The van der Waals surface area contributed by atoms with E-state index in [1.807, 2.05) is 4.90 Å². The van der Waals surface area contributed by atoms with Crippen molar-refractivity contribution in [3.05, 3.63) is 29.3 Å². The van der Waals surface area contributed by atoms with Crippen LogP contribution < -0.4 is 10.2 Å². The molecule has 102 valence electrons. The Kier molecular flexibility index (Phi) is 3.56. The monoisotopic (exact) mass is 258 g/mol. The molecule has 0 radical (unpaired) electrons. The van der Waals surface area contributed by atoms with Crippen LogP contribution in [0.25, 0.3) is 0 Å². The summed E-state index contributed by atoms with van der Waals surface area (Å²) in [5.41, 5.74) is 3.75. The molecular formula is C16H22N2O. The summed E-state index contributed by atoms with van der Waals surface area (Å²) in [6.45, 7) is 4.90. The maximum Gasteiger partial charge on any atom is 0.231 e. The maximum absolute atomic E-state index is 12.8. The van der Waals surface area contributed by atoms with Crippen molar-refractivity contribution in [2.45, 2.75) is 32.6 Å². The molecule has 1 amide bonds. The predicted molar refractivity (Wildman–Crippen MR) is 77.4 cm³/mol. The number of rotatable bonds is 1. The summed E-state index contributed by atoms with van der Waals surface area (Å²) in [6, 6.07) is 6.38. The maximum atomic E-state index is 12.8. The lowest BCUT2D eigenvalue weighted by molar-refractivity contribution is -0.123. The van der Waals surface area contributed by atoms with Crippen molar-refractivity contribution in [3.63, 3.8) is 0 Å². The Balaban J connectivity index is 1.88. The molecule has 3 heteroatoms. The summed E-state index contributed by atoms with van der Waals surface area (Å²) in [6.07, 6.45) is 4.33. The van der Waals surface area contributed by atoms with E-state index in [9.17, 15) is 4.79 Å². The third kappa shape index (κ3) is 2.39. The molecule has 0 aliphatic carbocycles. The third-order valence-corrected chi connectivity index (χ3v) is 4.33. The Hall–Kier alpha value is -1.35. The minimum absolute atomic E-state index is 0.166. The largest absolute Gasteiger partial charge is 0.316 e. The second-order valence-corrected chi connectivity index (χ2v) is 5.72. The summed E-state index contributed by atoms with van der Waals surface area (Å²) < 4.78 is 0. The molecule has 1 unspecified atom stereocenters. The van der Waals surface area contributed by atoms with E-state index in [-0.39, 0.29) is 5.92 Å². The van der Waals surface area contributed by atoms with Gasteiger partial charge in [0.2, 0.25) is 5.91 Å². The highest BCUT2D eigenvalue weighted by Gasteiger charge is 2.30. The van der Waals surface area contributed by atoms with Gasteiger partial charge < -0.3 is 10.2 Å². The second-order valence-electron chi connectivity index (χ2n) is 5.72. The third-order valence-electron chi connectivity index (χ3n) is 4.33. The van der Waals surface area contributed by atoms with Crippen LogP contribution in [0.4, 0.5) is 5.69 Å². The first-order valence-corrected chi connectivity index (χ1v) is 7.38. The van der Waals surface area contributed by atoms with Gasteiger partial charge in [-0.25, -0.2) is 0 Å². The molecular weight excluding hydrogens is 236 g/mol. The van der Waals surface area contributed by atoms with Gasteiger partial charge in [-0.3, -0.25) is 4.79 Å². The van der Waals surface area contributed by atoms with Gasteiger partial charge in [-0.2, -0.15) is 0 Å². The van der Waals surface area contributed by atoms with Crippen LogP contribution in [-0.4, -0.2) is 25.5 Å². The van der Waals surface area contributed by atoms with E-state index in [1.54, 1.807) is 0 Å². The van der Waals surface area contributed by atoms with Gasteiger partial charge in [0.1, 0.15) is 0 Å². The number of nitrogens with one attached hydrogen (secondary N) is 1. The van der Waals surface area contributed by atoms with E-state index >= 15 is 0 Å². The van der Waals surface area contributed by atoms with Gasteiger partial charge in [0.05, 0.1) is 5.92 Å². The lowest BCUT2D eigenvalue weighted by Crippen LogP contribution is -2.45. The number of hydrogen-bond acceptors (Lipinski definition) is 2. The van der Waals surface area contributed by atoms with Crippen molar-refractivity contribution in [2.24, 2.45) is 5.92 Å². The molecule has 0 bridgehead atoms. The molecule has 1 saturated heterocycles. The van der Waals surface area contributed by atoms with E-state index < -0.39 is 0 Å². The predicted octanol–water partition coefficient (Wildman–Crippen LogP) is 2.27.